The van der Waals surface area contributed by atoms with Crippen LogP contribution in [0.1, 0.15) is 12.5 Å². The van der Waals surface area contributed by atoms with Crippen LogP contribution in [-0.2, 0) is 4.79 Å². The minimum absolute atomic E-state index is 0.0103. The molecule has 0 saturated carbocycles. The second-order valence-corrected chi connectivity index (χ2v) is 6.88. The Labute approximate surface area is 160 Å². The lowest BCUT2D eigenvalue weighted by Crippen LogP contribution is -2.28. The van der Waals surface area contributed by atoms with E-state index < -0.39 is 0 Å². The molecule has 0 radical (unpaired) electrons. The third kappa shape index (κ3) is 3.86. The maximum atomic E-state index is 12.6. The first kappa shape index (κ1) is 18.4. The lowest BCUT2D eigenvalue weighted by molar-refractivity contribution is -0.122. The first-order valence-electron chi connectivity index (χ1n) is 7.94. The van der Waals surface area contributed by atoms with E-state index >= 15 is 0 Å². The van der Waals surface area contributed by atoms with Gasteiger partial charge in [0.2, 0.25) is 0 Å². The van der Waals surface area contributed by atoms with E-state index in [-0.39, 0.29) is 16.7 Å². The number of ether oxygens (including phenoxy) is 1. The van der Waals surface area contributed by atoms with Gasteiger partial charge >= 0.3 is 0 Å². The summed E-state index contributed by atoms with van der Waals surface area (Å²) in [6.45, 7) is 2.43. The number of carbonyl (C=O) groups excluding carboxylic acids is 1. The van der Waals surface area contributed by atoms with Gasteiger partial charge in [-0.2, -0.15) is 0 Å². The van der Waals surface area contributed by atoms with Crippen molar-refractivity contribution in [2.24, 2.45) is 4.99 Å². The molecule has 1 saturated heterocycles. The molecule has 1 amide bonds. The van der Waals surface area contributed by atoms with Gasteiger partial charge in [0.05, 0.1) is 22.7 Å². The molecule has 7 heteroatoms. The number of aliphatic imine (C=N–C) groups is 1. The van der Waals surface area contributed by atoms with Crippen molar-refractivity contribution in [3.63, 3.8) is 0 Å². The summed E-state index contributed by atoms with van der Waals surface area (Å²) in [5.41, 5.74) is 1.49. The number of phenolic OH excluding ortho intramolecular Hbond substituents is 1. The minimum atomic E-state index is -0.103. The lowest BCUT2D eigenvalue weighted by Gasteiger charge is -2.12. The number of benzene rings is 2. The van der Waals surface area contributed by atoms with Gasteiger partial charge in [0.1, 0.15) is 11.5 Å². The molecule has 1 aliphatic rings. The predicted octanol–water partition coefficient (Wildman–Crippen LogP) is 4.68. The number of nitrogens with zero attached hydrogens (tertiary/aromatic N) is 2. The van der Waals surface area contributed by atoms with Crippen LogP contribution in [0.5, 0.6) is 11.5 Å². The highest BCUT2D eigenvalue weighted by atomic mass is 35.5. The van der Waals surface area contributed by atoms with Crippen LogP contribution in [0.15, 0.2) is 52.4 Å². The molecule has 0 aliphatic carbocycles. The fourth-order valence-corrected chi connectivity index (χ4v) is 3.65. The quantitative estimate of drug-likeness (QED) is 0.772. The molecule has 1 fully saturated rings. The Hall–Kier alpha value is -2.44. The third-order valence-corrected chi connectivity index (χ3v) is 5.08. The number of amidine groups is 1. The third-order valence-electron chi connectivity index (χ3n) is 3.77. The first-order valence-corrected chi connectivity index (χ1v) is 9.14. The zero-order valence-electron chi connectivity index (χ0n) is 14.3. The maximum Gasteiger partial charge on any atom is 0.266 e. The van der Waals surface area contributed by atoms with Crippen molar-refractivity contribution in [2.75, 3.05) is 13.7 Å². The van der Waals surface area contributed by atoms with Gasteiger partial charge in [-0.1, -0.05) is 17.7 Å². The number of rotatable bonds is 4. The highest BCUT2D eigenvalue weighted by molar-refractivity contribution is 8.18. The zero-order chi connectivity index (χ0) is 18.7. The molecule has 134 valence electrons. The summed E-state index contributed by atoms with van der Waals surface area (Å²) in [5.74, 6) is 0.659. The van der Waals surface area contributed by atoms with Crippen LogP contribution in [0, 0.1) is 0 Å². The van der Waals surface area contributed by atoms with Crippen molar-refractivity contribution >= 4 is 46.2 Å². The Morgan fingerprint density at radius 2 is 2.00 bits per heavy atom. The van der Waals surface area contributed by atoms with E-state index in [0.29, 0.717) is 16.6 Å². The Kier molecular flexibility index (Phi) is 5.54. The number of amides is 1. The monoisotopic (exact) mass is 388 g/mol. The summed E-state index contributed by atoms with van der Waals surface area (Å²) >= 11 is 7.25. The lowest BCUT2D eigenvalue weighted by atomic mass is 10.2. The standard InChI is InChI=1S/C19H17ClN2O3S/c1-3-22-18(24)17(11-12-4-9-16(23)15(20)10-12)26-19(22)21-13-5-7-14(25-2)8-6-13/h4-11,23H,3H2,1-2H3/b17-11+,21-19?. The van der Waals surface area contributed by atoms with Crippen LogP contribution in [0.3, 0.4) is 0 Å². The normalized spacial score (nSPS) is 17.3. The molecule has 3 rings (SSSR count). The molecule has 26 heavy (non-hydrogen) atoms. The highest BCUT2D eigenvalue weighted by Gasteiger charge is 2.32. The summed E-state index contributed by atoms with van der Waals surface area (Å²) in [6.07, 6.45) is 1.75. The topological polar surface area (TPSA) is 62.1 Å². The molecule has 0 unspecified atom stereocenters. The molecular weight excluding hydrogens is 372 g/mol. The number of hydrogen-bond donors (Lipinski definition) is 1. The number of hydrogen-bond acceptors (Lipinski definition) is 5. The van der Waals surface area contributed by atoms with Crippen molar-refractivity contribution in [1.29, 1.82) is 0 Å². The van der Waals surface area contributed by atoms with E-state index in [0.717, 1.165) is 17.0 Å². The molecule has 0 atom stereocenters. The number of likely N-dealkylation sites (N-methyl/N-ethyl adjacent to an activating group) is 1. The van der Waals surface area contributed by atoms with Crippen molar-refractivity contribution < 1.29 is 14.6 Å². The van der Waals surface area contributed by atoms with E-state index in [1.807, 2.05) is 31.2 Å². The van der Waals surface area contributed by atoms with Gasteiger partial charge < -0.3 is 9.84 Å². The summed E-state index contributed by atoms with van der Waals surface area (Å²) in [7, 11) is 1.61. The fraction of sp³-hybridized carbons (Fsp3) is 0.158. The summed E-state index contributed by atoms with van der Waals surface area (Å²) < 4.78 is 5.14. The van der Waals surface area contributed by atoms with Gasteiger partial charge in [-0.25, -0.2) is 4.99 Å². The van der Waals surface area contributed by atoms with Crippen LogP contribution in [-0.4, -0.2) is 34.7 Å². The summed E-state index contributed by atoms with van der Waals surface area (Å²) in [4.78, 5) is 19.4. The summed E-state index contributed by atoms with van der Waals surface area (Å²) in [6, 6.07) is 12.2. The van der Waals surface area contributed by atoms with Crippen LogP contribution in [0.25, 0.3) is 6.08 Å². The SMILES string of the molecule is CCN1C(=O)/C(=C\c2ccc(O)c(Cl)c2)SC1=Nc1ccc(OC)cc1. The van der Waals surface area contributed by atoms with Crippen LogP contribution < -0.4 is 4.74 Å². The number of aromatic hydroxyl groups is 1. The van der Waals surface area contributed by atoms with E-state index in [9.17, 15) is 9.90 Å². The number of thioether (sulfide) groups is 1. The van der Waals surface area contributed by atoms with Crippen LogP contribution in [0.2, 0.25) is 5.02 Å². The molecule has 5 nitrogen and oxygen atoms in total. The van der Waals surface area contributed by atoms with Gasteiger partial charge in [-0.15, -0.1) is 0 Å². The van der Waals surface area contributed by atoms with E-state index in [1.165, 1.54) is 17.8 Å². The van der Waals surface area contributed by atoms with E-state index in [2.05, 4.69) is 4.99 Å². The Morgan fingerprint density at radius 3 is 2.62 bits per heavy atom. The van der Waals surface area contributed by atoms with Crippen LogP contribution >= 0.6 is 23.4 Å². The van der Waals surface area contributed by atoms with E-state index in [4.69, 9.17) is 16.3 Å². The van der Waals surface area contributed by atoms with E-state index in [1.54, 1.807) is 30.2 Å². The zero-order valence-corrected chi connectivity index (χ0v) is 15.8. The summed E-state index contributed by atoms with van der Waals surface area (Å²) in [5, 5.41) is 10.4. The highest BCUT2D eigenvalue weighted by Crippen LogP contribution is 2.35. The average Bonchev–Trinajstić information content (AvgIpc) is 2.93. The predicted molar refractivity (Wildman–Crippen MR) is 106 cm³/mol. The minimum Gasteiger partial charge on any atom is -0.506 e. The molecule has 2 aromatic rings. The van der Waals surface area contributed by atoms with Gasteiger partial charge in [-0.05, 0) is 66.7 Å². The molecule has 0 aromatic heterocycles. The maximum absolute atomic E-state index is 12.6. The fourth-order valence-electron chi connectivity index (χ4n) is 2.40. The van der Waals surface area contributed by atoms with Gasteiger partial charge in [0.15, 0.2) is 5.17 Å². The van der Waals surface area contributed by atoms with Gasteiger partial charge in [0, 0.05) is 6.54 Å². The smallest absolute Gasteiger partial charge is 0.266 e. The van der Waals surface area contributed by atoms with Crippen molar-refractivity contribution in [1.82, 2.24) is 4.90 Å². The Morgan fingerprint density at radius 1 is 1.27 bits per heavy atom. The molecule has 0 bridgehead atoms. The Balaban J connectivity index is 1.90. The molecule has 2 aromatic carbocycles. The van der Waals surface area contributed by atoms with Crippen molar-refractivity contribution in [3.8, 4) is 11.5 Å². The Bertz CT molecular complexity index is 894. The van der Waals surface area contributed by atoms with Crippen molar-refractivity contribution in [2.45, 2.75) is 6.92 Å². The van der Waals surface area contributed by atoms with Crippen LogP contribution in [0.4, 0.5) is 5.69 Å². The van der Waals surface area contributed by atoms with Crippen molar-refractivity contribution in [3.05, 3.63) is 58.0 Å². The number of carbonyl (C=O) groups is 1. The number of halogens is 1. The molecule has 0 spiro atoms. The largest absolute Gasteiger partial charge is 0.506 e. The number of phenols is 1. The molecule has 1 heterocycles. The molecular formula is C19H17ClN2O3S. The van der Waals surface area contributed by atoms with Gasteiger partial charge in [-0.3, -0.25) is 9.69 Å². The number of methoxy groups -OCH3 is 1. The second-order valence-electron chi connectivity index (χ2n) is 5.46. The second kappa shape index (κ2) is 7.85. The average molecular weight is 389 g/mol. The molecule has 1 N–H and O–H groups in total. The van der Waals surface area contributed by atoms with Gasteiger partial charge in [0.25, 0.3) is 5.91 Å². The molecule has 1 aliphatic heterocycles. The first-order chi connectivity index (χ1) is 12.5.